The predicted octanol–water partition coefficient (Wildman–Crippen LogP) is 10.7. The molecular formula is C16H34S8. The van der Waals surface area contributed by atoms with E-state index in [1.165, 1.54) is 12.8 Å². The highest BCUT2D eigenvalue weighted by Crippen LogP contribution is 2.60. The molecule has 0 aromatic carbocycles. The molecule has 0 amide bonds. The Balaban J connectivity index is 3.71. The number of rotatable bonds is 11. The highest BCUT2D eigenvalue weighted by atomic mass is 34.0. The maximum Gasteiger partial charge on any atom is 0.0220 e. The van der Waals surface area contributed by atoms with Gasteiger partial charge in [-0.2, -0.15) is 0 Å². The first-order valence-corrected chi connectivity index (χ1v) is 18.1. The van der Waals surface area contributed by atoms with E-state index in [4.69, 9.17) is 0 Å². The van der Waals surface area contributed by atoms with E-state index in [9.17, 15) is 0 Å². The molecule has 0 heterocycles. The van der Waals surface area contributed by atoms with Crippen molar-refractivity contribution in [3.63, 3.8) is 0 Å². The molecule has 146 valence electrons. The molecule has 0 saturated heterocycles. The van der Waals surface area contributed by atoms with Gasteiger partial charge in [-0.3, -0.25) is 0 Å². The third-order valence-electron chi connectivity index (χ3n) is 2.57. The molecule has 0 aliphatic heterocycles. The van der Waals surface area contributed by atoms with Crippen LogP contribution < -0.4 is 0 Å². The van der Waals surface area contributed by atoms with Crippen molar-refractivity contribution in [2.75, 3.05) is 0 Å². The zero-order chi connectivity index (χ0) is 19.1. The average molecular weight is 483 g/mol. The summed E-state index contributed by atoms with van der Waals surface area (Å²) < 4.78 is 0.658. The van der Waals surface area contributed by atoms with E-state index < -0.39 is 0 Å². The lowest BCUT2D eigenvalue weighted by molar-refractivity contribution is 0.340. The molecule has 0 unspecified atom stereocenters. The molecule has 0 spiro atoms. The van der Waals surface area contributed by atoms with E-state index in [1.54, 1.807) is 0 Å². The van der Waals surface area contributed by atoms with Crippen LogP contribution in [-0.4, -0.2) is 9.49 Å². The highest BCUT2D eigenvalue weighted by molar-refractivity contribution is 9.48. The van der Waals surface area contributed by atoms with Crippen LogP contribution in [0.5, 0.6) is 0 Å². The van der Waals surface area contributed by atoms with Crippen molar-refractivity contribution in [3.05, 3.63) is 0 Å². The maximum absolute atomic E-state index is 2.35. The van der Waals surface area contributed by atoms with Crippen molar-refractivity contribution >= 4 is 80.5 Å². The fourth-order valence-corrected chi connectivity index (χ4v) is 22.2. The second kappa shape index (κ2) is 11.7. The molecule has 8 heteroatoms. The molecule has 0 rings (SSSR count). The summed E-state index contributed by atoms with van der Waals surface area (Å²) in [4.78, 5) is 0. The summed E-state index contributed by atoms with van der Waals surface area (Å²) in [6.07, 6.45) is 2.47. The minimum absolute atomic E-state index is 0.329. The fraction of sp³-hybridized carbons (Fsp3) is 1.00. The van der Waals surface area contributed by atoms with Crippen molar-refractivity contribution < 1.29 is 0 Å². The summed E-state index contributed by atoms with van der Waals surface area (Å²) in [6, 6.07) is 0. The van der Waals surface area contributed by atoms with Gasteiger partial charge in [0.25, 0.3) is 0 Å². The molecule has 0 N–H and O–H groups in total. The lowest BCUT2D eigenvalue weighted by Gasteiger charge is -2.31. The van der Waals surface area contributed by atoms with E-state index in [0.717, 1.165) is 0 Å². The summed E-state index contributed by atoms with van der Waals surface area (Å²) in [7, 11) is 15.4. The lowest BCUT2D eigenvalue weighted by Crippen LogP contribution is -2.22. The molecule has 24 heavy (non-hydrogen) atoms. The van der Waals surface area contributed by atoms with Gasteiger partial charge in [0.05, 0.1) is 0 Å². The van der Waals surface area contributed by atoms with Gasteiger partial charge in [0.15, 0.2) is 0 Å². The van der Waals surface area contributed by atoms with Gasteiger partial charge in [0.1, 0.15) is 0 Å². The van der Waals surface area contributed by atoms with Crippen LogP contribution >= 0.6 is 80.5 Å². The van der Waals surface area contributed by atoms with Gasteiger partial charge in [-0.05, 0) is 110 Å². The van der Waals surface area contributed by atoms with E-state index in [-0.39, 0.29) is 0 Å². The first kappa shape index (κ1) is 26.8. The van der Waals surface area contributed by atoms with Crippen LogP contribution in [0, 0.1) is 10.8 Å². The normalized spacial score (nSPS) is 14.2. The molecule has 0 aliphatic rings. The number of hydrogen-bond acceptors (Lipinski definition) is 8. The van der Waals surface area contributed by atoms with Crippen LogP contribution in [0.3, 0.4) is 0 Å². The SMILES string of the molecule is CC(C)(C)CC(C)(C)SSSSSSSSC(C)(C)CC(C)(C)C. The molecule has 0 atom stereocenters. The molecule has 0 aliphatic carbocycles. The highest BCUT2D eigenvalue weighted by Gasteiger charge is 2.27. The van der Waals surface area contributed by atoms with Gasteiger partial charge in [-0.15, -0.1) is 0 Å². The molecule has 0 saturated carbocycles. The van der Waals surface area contributed by atoms with Crippen molar-refractivity contribution in [1.82, 2.24) is 0 Å². The van der Waals surface area contributed by atoms with Crippen molar-refractivity contribution in [1.29, 1.82) is 0 Å². The van der Waals surface area contributed by atoms with Crippen LogP contribution in [-0.2, 0) is 0 Å². The molecule has 0 fully saturated rings. The largest absolute Gasteiger partial charge is 0.0754 e. The van der Waals surface area contributed by atoms with E-state index in [2.05, 4.69) is 69.2 Å². The summed E-state index contributed by atoms with van der Waals surface area (Å²) in [5.74, 6) is 0. The van der Waals surface area contributed by atoms with Crippen LogP contribution in [0.25, 0.3) is 0 Å². The van der Waals surface area contributed by atoms with Crippen LogP contribution in [0.2, 0.25) is 0 Å². The molecular weight excluding hydrogens is 449 g/mol. The Labute approximate surface area is 181 Å². The summed E-state index contributed by atoms with van der Waals surface area (Å²) in [5.41, 5.74) is 0.792. The Morgan fingerprint density at radius 3 is 0.917 bits per heavy atom. The Bertz CT molecular complexity index is 307. The zero-order valence-corrected chi connectivity index (χ0v) is 23.2. The maximum atomic E-state index is 2.35. The van der Waals surface area contributed by atoms with Gasteiger partial charge in [0.2, 0.25) is 0 Å². The van der Waals surface area contributed by atoms with Gasteiger partial charge in [-0.1, -0.05) is 63.1 Å². The second-order valence-electron chi connectivity index (χ2n) is 9.57. The van der Waals surface area contributed by atoms with Crippen molar-refractivity contribution in [2.45, 2.75) is 91.6 Å². The molecule has 0 aromatic heterocycles. The first-order valence-electron chi connectivity index (χ1n) is 7.99. The third-order valence-corrected chi connectivity index (χ3v) is 19.3. The summed E-state index contributed by atoms with van der Waals surface area (Å²) in [5, 5.41) is 0. The monoisotopic (exact) mass is 482 g/mol. The van der Waals surface area contributed by atoms with Crippen molar-refractivity contribution in [2.24, 2.45) is 10.8 Å². The third kappa shape index (κ3) is 18.2. The van der Waals surface area contributed by atoms with Crippen LogP contribution in [0.1, 0.15) is 82.1 Å². The van der Waals surface area contributed by atoms with E-state index >= 15 is 0 Å². The van der Waals surface area contributed by atoms with Crippen LogP contribution in [0.4, 0.5) is 0 Å². The molecule has 0 nitrogen and oxygen atoms in total. The minimum atomic E-state index is 0.329. The topological polar surface area (TPSA) is 0 Å². The summed E-state index contributed by atoms with van der Waals surface area (Å²) in [6.45, 7) is 23.4. The first-order chi connectivity index (χ1) is 10.6. The quantitative estimate of drug-likeness (QED) is 0.208. The Morgan fingerprint density at radius 2 is 0.667 bits per heavy atom. The molecule has 0 radical (unpaired) electrons. The fourth-order valence-electron chi connectivity index (χ4n) is 2.87. The van der Waals surface area contributed by atoms with Gasteiger partial charge < -0.3 is 0 Å². The molecule has 0 bridgehead atoms. The lowest BCUT2D eigenvalue weighted by atomic mass is 9.86. The van der Waals surface area contributed by atoms with Gasteiger partial charge in [0, 0.05) is 9.49 Å². The van der Waals surface area contributed by atoms with Crippen LogP contribution in [0.15, 0.2) is 0 Å². The molecule has 0 aromatic rings. The van der Waals surface area contributed by atoms with Crippen molar-refractivity contribution in [3.8, 4) is 0 Å². The standard InChI is InChI=1S/C16H34S8/c1-13(2,3)11-15(7,8)17-19-21-23-24-22-20-18-16(9,10)12-14(4,5)6/h11-12H2,1-10H3. The van der Waals surface area contributed by atoms with E-state index in [0.29, 0.717) is 20.3 Å². The van der Waals surface area contributed by atoms with Gasteiger partial charge >= 0.3 is 0 Å². The van der Waals surface area contributed by atoms with E-state index in [1.807, 2.05) is 80.5 Å². The smallest absolute Gasteiger partial charge is 0.0220 e. The minimum Gasteiger partial charge on any atom is -0.0754 e. The zero-order valence-electron chi connectivity index (χ0n) is 16.7. The van der Waals surface area contributed by atoms with Gasteiger partial charge in [-0.25, -0.2) is 0 Å². The predicted molar refractivity (Wildman–Crippen MR) is 137 cm³/mol. The Kier molecular flexibility index (Phi) is 13.1. The second-order valence-corrected chi connectivity index (χ2v) is 23.7. The Hall–Kier alpha value is 2.80. The average Bonchev–Trinajstić information content (AvgIpc) is 2.25. The Morgan fingerprint density at radius 1 is 0.417 bits per heavy atom. The number of hydrogen-bond donors (Lipinski definition) is 0. The summed E-state index contributed by atoms with van der Waals surface area (Å²) >= 11 is 0.